The van der Waals surface area contributed by atoms with Crippen LogP contribution in [0, 0.1) is 0 Å². The van der Waals surface area contributed by atoms with E-state index in [0.717, 1.165) is 0 Å². The van der Waals surface area contributed by atoms with Crippen molar-refractivity contribution in [1.82, 2.24) is 14.5 Å². The molecule has 1 saturated heterocycles. The van der Waals surface area contributed by atoms with Gasteiger partial charge >= 0.3 is 0 Å². The third-order valence-corrected chi connectivity index (χ3v) is 8.16. The maximum absolute atomic E-state index is 12.8. The van der Waals surface area contributed by atoms with Crippen LogP contribution in [0.1, 0.15) is 24.2 Å². The van der Waals surface area contributed by atoms with E-state index in [2.05, 4.69) is 5.32 Å². The molecule has 1 fully saturated rings. The number of carbonyl (C=O) groups is 2. The summed E-state index contributed by atoms with van der Waals surface area (Å²) in [4.78, 5) is 25.2. The van der Waals surface area contributed by atoms with Gasteiger partial charge in [-0.3, -0.25) is 9.59 Å². The second kappa shape index (κ2) is 9.01. The summed E-state index contributed by atoms with van der Waals surface area (Å²) in [6.45, 7) is 3.94. The first-order valence-corrected chi connectivity index (χ1v) is 12.2. The first-order chi connectivity index (χ1) is 13.1. The minimum Gasteiger partial charge on any atom is -0.351 e. The van der Waals surface area contributed by atoms with Gasteiger partial charge in [0.05, 0.1) is 10.6 Å². The van der Waals surface area contributed by atoms with Crippen LogP contribution in [0.3, 0.4) is 0 Å². The van der Waals surface area contributed by atoms with Crippen molar-refractivity contribution in [3.8, 4) is 0 Å². The van der Waals surface area contributed by atoms with Gasteiger partial charge in [-0.2, -0.15) is 4.31 Å². The summed E-state index contributed by atoms with van der Waals surface area (Å²) in [5, 5.41) is 2.50. The highest BCUT2D eigenvalue weighted by molar-refractivity contribution is 7.91. The lowest BCUT2D eigenvalue weighted by atomic mass is 10.2. The predicted octanol–water partition coefficient (Wildman–Crippen LogP) is -0.296. The number of sulfonamides is 1. The highest BCUT2D eigenvalue weighted by Gasteiger charge is 2.29. The molecule has 1 aromatic carbocycles. The molecule has 156 valence electrons. The Balaban J connectivity index is 2.07. The molecular formula is C17H25N3O6S2. The predicted molar refractivity (Wildman–Crippen MR) is 104 cm³/mol. The van der Waals surface area contributed by atoms with Gasteiger partial charge in [-0.1, -0.05) is 13.0 Å². The van der Waals surface area contributed by atoms with Gasteiger partial charge in [0.25, 0.3) is 5.91 Å². The number of nitrogens with one attached hydrogen (secondary N) is 1. The molecule has 9 nitrogen and oxygen atoms in total. The van der Waals surface area contributed by atoms with Gasteiger partial charge in [0.15, 0.2) is 9.84 Å². The monoisotopic (exact) mass is 431 g/mol. The molecule has 0 aliphatic carbocycles. The lowest BCUT2D eigenvalue weighted by Gasteiger charge is -2.33. The molecule has 1 heterocycles. The topological polar surface area (TPSA) is 121 Å². The summed E-state index contributed by atoms with van der Waals surface area (Å²) in [5.74, 6) is -0.813. The van der Waals surface area contributed by atoms with Crippen LogP contribution in [-0.4, -0.2) is 82.1 Å². The zero-order valence-corrected chi connectivity index (χ0v) is 17.6. The van der Waals surface area contributed by atoms with E-state index >= 15 is 0 Å². The molecule has 0 unspecified atom stereocenters. The lowest BCUT2D eigenvalue weighted by Crippen LogP contribution is -2.49. The molecule has 1 aliphatic heterocycles. The average molecular weight is 432 g/mol. The first kappa shape index (κ1) is 22.3. The van der Waals surface area contributed by atoms with Crippen LogP contribution in [0.15, 0.2) is 29.2 Å². The second-order valence-corrected chi connectivity index (χ2v) is 10.8. The van der Waals surface area contributed by atoms with E-state index in [1.54, 1.807) is 4.90 Å². The van der Waals surface area contributed by atoms with E-state index in [-0.39, 0.29) is 47.5 Å². The summed E-state index contributed by atoms with van der Waals surface area (Å²) in [5.41, 5.74) is 0.136. The number of rotatable bonds is 7. The van der Waals surface area contributed by atoms with E-state index in [9.17, 15) is 26.4 Å². The van der Waals surface area contributed by atoms with Gasteiger partial charge in [-0.05, 0) is 18.2 Å². The van der Waals surface area contributed by atoms with Gasteiger partial charge in [-0.25, -0.2) is 16.8 Å². The summed E-state index contributed by atoms with van der Waals surface area (Å²) in [6, 6.07) is 5.62. The van der Waals surface area contributed by atoms with Crippen molar-refractivity contribution in [2.45, 2.75) is 18.7 Å². The number of piperazine rings is 1. The molecule has 0 saturated carbocycles. The highest BCUT2D eigenvalue weighted by Crippen LogP contribution is 2.19. The van der Waals surface area contributed by atoms with Crippen molar-refractivity contribution < 1.29 is 26.4 Å². The smallest absolute Gasteiger partial charge is 0.251 e. The van der Waals surface area contributed by atoms with E-state index in [1.807, 2.05) is 0 Å². The molecular weight excluding hydrogens is 406 g/mol. The second-order valence-electron chi connectivity index (χ2n) is 6.43. The van der Waals surface area contributed by atoms with Gasteiger partial charge in [0.1, 0.15) is 0 Å². The Labute approximate surface area is 165 Å². The summed E-state index contributed by atoms with van der Waals surface area (Å²) in [7, 11) is -6.99. The van der Waals surface area contributed by atoms with Crippen LogP contribution in [0.25, 0.3) is 0 Å². The Morgan fingerprint density at radius 1 is 1.07 bits per heavy atom. The number of hydrogen-bond acceptors (Lipinski definition) is 6. The minimum atomic E-state index is -3.80. The zero-order valence-electron chi connectivity index (χ0n) is 15.9. The molecule has 0 radical (unpaired) electrons. The van der Waals surface area contributed by atoms with E-state index in [4.69, 9.17) is 0 Å². The molecule has 28 heavy (non-hydrogen) atoms. The number of carbonyl (C=O) groups excluding carboxylic acids is 2. The molecule has 1 aliphatic rings. The zero-order chi connectivity index (χ0) is 20.9. The number of nitrogens with zero attached hydrogens (tertiary/aromatic N) is 2. The normalized spacial score (nSPS) is 16.0. The first-order valence-electron chi connectivity index (χ1n) is 8.91. The maximum Gasteiger partial charge on any atom is 0.251 e. The molecule has 0 bridgehead atoms. The van der Waals surface area contributed by atoms with E-state index in [0.29, 0.717) is 13.1 Å². The van der Waals surface area contributed by atoms with Crippen LogP contribution in [-0.2, 0) is 24.7 Å². The van der Waals surface area contributed by atoms with Crippen LogP contribution >= 0.6 is 0 Å². The fraction of sp³-hybridized carbons (Fsp3) is 0.529. The Morgan fingerprint density at radius 3 is 2.29 bits per heavy atom. The van der Waals surface area contributed by atoms with Crippen LogP contribution in [0.4, 0.5) is 0 Å². The minimum absolute atomic E-state index is 0.00646. The molecule has 1 N–H and O–H groups in total. The van der Waals surface area contributed by atoms with E-state index in [1.165, 1.54) is 42.4 Å². The molecule has 2 amide bonds. The number of benzene rings is 1. The van der Waals surface area contributed by atoms with Crippen molar-refractivity contribution in [3.05, 3.63) is 29.8 Å². The fourth-order valence-corrected chi connectivity index (χ4v) is 4.93. The average Bonchev–Trinajstić information content (AvgIpc) is 2.68. The molecule has 0 atom stereocenters. The quantitative estimate of drug-likeness (QED) is 0.633. The molecule has 0 aromatic heterocycles. The summed E-state index contributed by atoms with van der Waals surface area (Å²) in [6.07, 6.45) is 0. The van der Waals surface area contributed by atoms with Crippen molar-refractivity contribution in [3.63, 3.8) is 0 Å². The van der Waals surface area contributed by atoms with Crippen LogP contribution in [0.5, 0.6) is 0 Å². The van der Waals surface area contributed by atoms with Crippen molar-refractivity contribution in [2.24, 2.45) is 0 Å². The lowest BCUT2D eigenvalue weighted by molar-refractivity contribution is -0.129. The Kier molecular flexibility index (Phi) is 7.18. The number of sulfone groups is 1. The standard InChI is InChI=1S/C17H25N3O6S2/c1-3-27(23,24)12-7-18-17(22)15-5-4-6-16(13-15)28(25,26)20-10-8-19(9-11-20)14(2)21/h4-6,13H,3,7-12H2,1-2H3,(H,18,22). The summed E-state index contributed by atoms with van der Waals surface area (Å²) < 4.78 is 49.9. The highest BCUT2D eigenvalue weighted by atomic mass is 32.2. The Hall–Kier alpha value is -1.98. The van der Waals surface area contributed by atoms with E-state index < -0.39 is 25.8 Å². The Bertz CT molecular complexity index is 935. The third kappa shape index (κ3) is 5.52. The summed E-state index contributed by atoms with van der Waals surface area (Å²) >= 11 is 0. The van der Waals surface area contributed by atoms with Gasteiger partial charge in [-0.15, -0.1) is 0 Å². The van der Waals surface area contributed by atoms with Crippen LogP contribution < -0.4 is 5.32 Å². The number of hydrogen-bond donors (Lipinski definition) is 1. The molecule has 1 aromatic rings. The van der Waals surface area contributed by atoms with Crippen molar-refractivity contribution >= 4 is 31.7 Å². The van der Waals surface area contributed by atoms with Gasteiger partial charge < -0.3 is 10.2 Å². The number of amides is 2. The third-order valence-electron chi connectivity index (χ3n) is 4.56. The largest absolute Gasteiger partial charge is 0.351 e. The van der Waals surface area contributed by atoms with Crippen molar-refractivity contribution in [1.29, 1.82) is 0 Å². The maximum atomic E-state index is 12.8. The molecule has 11 heteroatoms. The van der Waals surface area contributed by atoms with Gasteiger partial charge in [0, 0.05) is 51.0 Å². The Morgan fingerprint density at radius 2 is 1.71 bits per heavy atom. The molecule has 2 rings (SSSR count). The fourth-order valence-electron chi connectivity index (χ4n) is 2.76. The SMILES string of the molecule is CCS(=O)(=O)CCNC(=O)c1cccc(S(=O)(=O)N2CCN(C(C)=O)CC2)c1. The van der Waals surface area contributed by atoms with Crippen molar-refractivity contribution in [2.75, 3.05) is 44.2 Å². The van der Waals surface area contributed by atoms with Crippen LogP contribution in [0.2, 0.25) is 0 Å². The molecule has 0 spiro atoms. The van der Waals surface area contributed by atoms with Gasteiger partial charge in [0.2, 0.25) is 15.9 Å².